The lowest BCUT2D eigenvalue weighted by Gasteiger charge is -2.22. The van der Waals surface area contributed by atoms with Gasteiger partial charge in [-0.25, -0.2) is 4.98 Å². The smallest absolute Gasteiger partial charge is 0.220 e. The Morgan fingerprint density at radius 3 is 3.17 bits per heavy atom. The number of rotatable bonds is 5. The van der Waals surface area contributed by atoms with Crippen molar-refractivity contribution in [3.8, 4) is 0 Å². The van der Waals surface area contributed by atoms with Crippen LogP contribution in [-0.4, -0.2) is 23.5 Å². The summed E-state index contributed by atoms with van der Waals surface area (Å²) < 4.78 is 5.29. The van der Waals surface area contributed by atoms with Crippen LogP contribution in [-0.2, 0) is 11.3 Å². The van der Waals surface area contributed by atoms with Gasteiger partial charge in [0.15, 0.2) is 0 Å². The molecule has 0 radical (unpaired) electrons. The zero-order valence-electron chi connectivity index (χ0n) is 10.9. The van der Waals surface area contributed by atoms with Gasteiger partial charge in [0.25, 0.3) is 0 Å². The van der Waals surface area contributed by atoms with Crippen molar-refractivity contribution in [2.45, 2.75) is 51.6 Å². The number of aryl methyl sites for hydroxylation is 1. The molecule has 18 heavy (non-hydrogen) atoms. The van der Waals surface area contributed by atoms with E-state index in [2.05, 4.69) is 15.6 Å². The monoisotopic (exact) mass is 251 g/mol. The highest BCUT2D eigenvalue weighted by atomic mass is 16.4. The molecule has 1 atom stereocenters. The summed E-state index contributed by atoms with van der Waals surface area (Å²) in [5, 5.41) is 6.27. The molecule has 2 rings (SSSR count). The molecule has 0 aromatic carbocycles. The first-order chi connectivity index (χ1) is 8.74. The Balaban J connectivity index is 1.62. The molecule has 0 spiro atoms. The molecular formula is C13H21N3O2. The molecule has 5 nitrogen and oxygen atoms in total. The lowest BCUT2D eigenvalue weighted by molar-refractivity contribution is -0.121. The fourth-order valence-electron chi connectivity index (χ4n) is 2.22. The van der Waals surface area contributed by atoms with Crippen molar-refractivity contribution in [3.05, 3.63) is 17.8 Å². The van der Waals surface area contributed by atoms with E-state index in [4.69, 9.17) is 4.42 Å². The molecule has 0 saturated carbocycles. The van der Waals surface area contributed by atoms with E-state index in [1.165, 1.54) is 19.3 Å². The van der Waals surface area contributed by atoms with E-state index in [9.17, 15) is 4.79 Å². The number of hydrogen-bond donors (Lipinski definition) is 2. The Morgan fingerprint density at radius 2 is 2.50 bits per heavy atom. The summed E-state index contributed by atoms with van der Waals surface area (Å²) in [5.41, 5.74) is 0. The number of carbonyl (C=O) groups is 1. The minimum Gasteiger partial charge on any atom is -0.444 e. The summed E-state index contributed by atoms with van der Waals surface area (Å²) in [6, 6.07) is 0.508. The topological polar surface area (TPSA) is 67.2 Å². The molecule has 1 aromatic heterocycles. The SMILES string of the molecule is Cc1cnc(CNC(=O)CCC2CCCCN2)o1. The number of nitrogens with one attached hydrogen (secondary N) is 2. The van der Waals surface area contributed by atoms with Crippen LogP contribution in [0.15, 0.2) is 10.6 Å². The maximum Gasteiger partial charge on any atom is 0.220 e. The molecule has 1 amide bonds. The number of carbonyl (C=O) groups excluding carboxylic acids is 1. The molecule has 2 N–H and O–H groups in total. The van der Waals surface area contributed by atoms with Crippen LogP contribution in [0.2, 0.25) is 0 Å². The van der Waals surface area contributed by atoms with Crippen molar-refractivity contribution >= 4 is 5.91 Å². The molecule has 0 aliphatic carbocycles. The van der Waals surface area contributed by atoms with E-state index < -0.39 is 0 Å². The number of nitrogens with zero attached hydrogens (tertiary/aromatic N) is 1. The summed E-state index contributed by atoms with van der Waals surface area (Å²) in [5.74, 6) is 1.40. The van der Waals surface area contributed by atoms with Gasteiger partial charge in [-0.2, -0.15) is 0 Å². The van der Waals surface area contributed by atoms with Gasteiger partial charge in [-0.05, 0) is 32.7 Å². The van der Waals surface area contributed by atoms with E-state index in [1.807, 2.05) is 6.92 Å². The van der Waals surface area contributed by atoms with Gasteiger partial charge >= 0.3 is 0 Å². The third kappa shape index (κ3) is 4.14. The number of oxazole rings is 1. The summed E-state index contributed by atoms with van der Waals surface area (Å²) >= 11 is 0. The molecular weight excluding hydrogens is 230 g/mol. The van der Waals surface area contributed by atoms with Gasteiger partial charge in [-0.3, -0.25) is 4.79 Å². The minimum absolute atomic E-state index is 0.0678. The molecule has 100 valence electrons. The highest BCUT2D eigenvalue weighted by Crippen LogP contribution is 2.11. The first-order valence-electron chi connectivity index (χ1n) is 6.65. The first kappa shape index (κ1) is 13.1. The molecule has 1 aliphatic heterocycles. The van der Waals surface area contributed by atoms with Crippen LogP contribution in [0.5, 0.6) is 0 Å². The van der Waals surface area contributed by atoms with Crippen molar-refractivity contribution in [1.29, 1.82) is 0 Å². The van der Waals surface area contributed by atoms with E-state index >= 15 is 0 Å². The molecule has 1 unspecified atom stereocenters. The predicted molar refractivity (Wildman–Crippen MR) is 68.0 cm³/mol. The number of piperidine rings is 1. The standard InChI is InChI=1S/C13H21N3O2/c1-10-8-16-13(18-10)9-15-12(17)6-5-11-4-2-3-7-14-11/h8,11,14H,2-7,9H2,1H3,(H,15,17). The van der Waals surface area contributed by atoms with Gasteiger partial charge in [-0.15, -0.1) is 0 Å². The zero-order chi connectivity index (χ0) is 12.8. The fourth-order valence-corrected chi connectivity index (χ4v) is 2.22. The van der Waals surface area contributed by atoms with E-state index in [0.717, 1.165) is 18.7 Å². The summed E-state index contributed by atoms with van der Waals surface area (Å²) in [6.45, 7) is 3.31. The van der Waals surface area contributed by atoms with Crippen LogP contribution in [0.3, 0.4) is 0 Å². The van der Waals surface area contributed by atoms with Crippen LogP contribution in [0.4, 0.5) is 0 Å². The minimum atomic E-state index is 0.0678. The largest absolute Gasteiger partial charge is 0.444 e. The van der Waals surface area contributed by atoms with Crippen LogP contribution in [0.25, 0.3) is 0 Å². The van der Waals surface area contributed by atoms with Crippen LogP contribution in [0.1, 0.15) is 43.8 Å². The van der Waals surface area contributed by atoms with Crippen LogP contribution in [0, 0.1) is 6.92 Å². The Kier molecular flexibility index (Phi) is 4.75. The summed E-state index contributed by atoms with van der Waals surface area (Å²) in [4.78, 5) is 15.7. The molecule has 1 aliphatic rings. The fraction of sp³-hybridized carbons (Fsp3) is 0.692. The molecule has 0 bridgehead atoms. The third-order valence-corrected chi connectivity index (χ3v) is 3.24. The van der Waals surface area contributed by atoms with Gasteiger partial charge in [0.05, 0.1) is 12.7 Å². The number of amides is 1. The Hall–Kier alpha value is -1.36. The lowest BCUT2D eigenvalue weighted by Crippen LogP contribution is -2.35. The summed E-state index contributed by atoms with van der Waals surface area (Å²) in [6.07, 6.45) is 6.86. The Labute approximate surface area is 107 Å². The average Bonchev–Trinajstić information content (AvgIpc) is 2.81. The second kappa shape index (κ2) is 6.54. The zero-order valence-corrected chi connectivity index (χ0v) is 10.9. The molecule has 1 saturated heterocycles. The van der Waals surface area contributed by atoms with Gasteiger partial charge in [-0.1, -0.05) is 6.42 Å². The number of hydrogen-bond acceptors (Lipinski definition) is 4. The van der Waals surface area contributed by atoms with Crippen molar-refractivity contribution in [1.82, 2.24) is 15.6 Å². The highest BCUT2D eigenvalue weighted by Gasteiger charge is 2.14. The normalized spacial score (nSPS) is 19.7. The predicted octanol–water partition coefficient (Wildman–Crippen LogP) is 1.52. The van der Waals surface area contributed by atoms with Gasteiger partial charge in [0.1, 0.15) is 5.76 Å². The first-order valence-corrected chi connectivity index (χ1v) is 6.65. The van der Waals surface area contributed by atoms with E-state index in [-0.39, 0.29) is 5.91 Å². The van der Waals surface area contributed by atoms with Crippen molar-refractivity contribution in [3.63, 3.8) is 0 Å². The molecule has 1 aromatic rings. The second-order valence-corrected chi connectivity index (χ2v) is 4.83. The van der Waals surface area contributed by atoms with Gasteiger partial charge in [0.2, 0.25) is 11.8 Å². The molecule has 2 heterocycles. The lowest BCUT2D eigenvalue weighted by atomic mass is 10.0. The number of aromatic nitrogens is 1. The third-order valence-electron chi connectivity index (χ3n) is 3.24. The van der Waals surface area contributed by atoms with Gasteiger partial charge in [0, 0.05) is 12.5 Å². The maximum atomic E-state index is 11.7. The Morgan fingerprint density at radius 1 is 1.61 bits per heavy atom. The second-order valence-electron chi connectivity index (χ2n) is 4.83. The van der Waals surface area contributed by atoms with Gasteiger partial charge < -0.3 is 15.1 Å². The average molecular weight is 251 g/mol. The van der Waals surface area contributed by atoms with E-state index in [1.54, 1.807) is 6.20 Å². The van der Waals surface area contributed by atoms with Crippen LogP contribution >= 0.6 is 0 Å². The highest BCUT2D eigenvalue weighted by molar-refractivity contribution is 5.75. The molecule has 1 fully saturated rings. The maximum absolute atomic E-state index is 11.7. The quantitative estimate of drug-likeness (QED) is 0.832. The molecule has 5 heteroatoms. The van der Waals surface area contributed by atoms with Crippen molar-refractivity contribution in [2.24, 2.45) is 0 Å². The van der Waals surface area contributed by atoms with Crippen molar-refractivity contribution < 1.29 is 9.21 Å². The van der Waals surface area contributed by atoms with E-state index in [0.29, 0.717) is 24.9 Å². The van der Waals surface area contributed by atoms with Crippen LogP contribution < -0.4 is 10.6 Å². The van der Waals surface area contributed by atoms with Crippen molar-refractivity contribution in [2.75, 3.05) is 6.54 Å². The Bertz CT molecular complexity index is 383. The summed E-state index contributed by atoms with van der Waals surface area (Å²) in [7, 11) is 0.